The summed E-state index contributed by atoms with van der Waals surface area (Å²) in [5, 5.41) is 2.70. The molecule has 402 valence electrons. The summed E-state index contributed by atoms with van der Waals surface area (Å²) in [6.07, 6.45) is -0.778. The third-order valence-electron chi connectivity index (χ3n) is 11.9. The van der Waals surface area contributed by atoms with Crippen LogP contribution in [0.5, 0.6) is 23.0 Å². The average molecular weight is 1070 g/mol. The number of rotatable bonds is 22. The summed E-state index contributed by atoms with van der Waals surface area (Å²) in [4.78, 5) is 99.0. The highest BCUT2D eigenvalue weighted by atomic mass is 16.7. The maximum absolute atomic E-state index is 13.2. The van der Waals surface area contributed by atoms with Crippen LogP contribution in [0.15, 0.2) is 147 Å². The molecule has 8 rings (SSSR count). The van der Waals surface area contributed by atoms with E-state index in [4.69, 9.17) is 56.8 Å². The van der Waals surface area contributed by atoms with E-state index in [1.165, 1.54) is 48.5 Å². The summed E-state index contributed by atoms with van der Waals surface area (Å²) in [5.74, 6) is -2.90. The SMILES string of the molecule is C=CC(=O)OCCCCOC(=O)Oc1ccc2cc(C(=O)Oc3ccc(C(=O)O[C@@H]4COC5C4OC[C@H]5OC(=O)c4ccc(OC(=O)c5ccc6cc(OC(=O)OCCCCOC(=O)C=C)ccc6c5)cc4)cc3)ccc2c1. The minimum Gasteiger partial charge on any atom is -0.463 e. The van der Waals surface area contributed by atoms with Gasteiger partial charge >= 0.3 is 48.1 Å². The first-order valence-corrected chi connectivity index (χ1v) is 24.5. The van der Waals surface area contributed by atoms with Gasteiger partial charge in [0, 0.05) is 12.2 Å². The predicted octanol–water partition coefficient (Wildman–Crippen LogP) is 9.03. The number of benzene rings is 6. The van der Waals surface area contributed by atoms with E-state index >= 15 is 0 Å². The van der Waals surface area contributed by atoms with Crippen molar-refractivity contribution in [1.82, 2.24) is 0 Å². The molecule has 2 aliphatic rings. The van der Waals surface area contributed by atoms with Crippen LogP contribution in [0.4, 0.5) is 9.59 Å². The molecule has 0 bridgehead atoms. The Bertz CT molecular complexity index is 3000. The lowest BCUT2D eigenvalue weighted by molar-refractivity contribution is -0.138. The van der Waals surface area contributed by atoms with Crippen LogP contribution in [-0.4, -0.2) is 112 Å². The standard InChI is InChI=1S/C58H50O20/c1-3-49(59)67-25-5-7-27-69-57(65)75-45-23-17-37-29-41(11-9-39(37)31-45)55(63)73-43-19-13-35(14-20-43)53(61)77-47-33-71-52-48(34-72-51(47)52)78-54(62)36-15-21-44(22-16-36)74-56(64)42-12-10-40-32-46(24-18-38(40)30-42)76-58(66)70-28-8-6-26-68-50(60)4-2/h3-4,9-24,29-32,47-48,51-52H,1-2,5-8,25-28,33-34H2/t47-,48-,51?,52?/m1/s1. The second-order valence-electron chi connectivity index (χ2n) is 17.3. The lowest BCUT2D eigenvalue weighted by Gasteiger charge is -2.17. The molecule has 0 N–H and O–H groups in total. The van der Waals surface area contributed by atoms with Crippen molar-refractivity contribution in [3.05, 3.63) is 169 Å². The van der Waals surface area contributed by atoms with Crippen LogP contribution in [-0.2, 0) is 47.5 Å². The largest absolute Gasteiger partial charge is 0.513 e. The van der Waals surface area contributed by atoms with Gasteiger partial charge in [-0.25, -0.2) is 38.4 Å². The second-order valence-corrected chi connectivity index (χ2v) is 17.3. The summed E-state index contributed by atoms with van der Waals surface area (Å²) in [7, 11) is 0. The summed E-state index contributed by atoms with van der Waals surface area (Å²) < 4.78 is 64.7. The molecule has 0 amide bonds. The molecule has 2 aliphatic heterocycles. The number of esters is 6. The van der Waals surface area contributed by atoms with Crippen LogP contribution in [0.1, 0.15) is 67.1 Å². The lowest BCUT2D eigenvalue weighted by Crippen LogP contribution is -2.36. The van der Waals surface area contributed by atoms with Crippen LogP contribution < -0.4 is 18.9 Å². The zero-order chi connectivity index (χ0) is 55.0. The molecule has 2 saturated heterocycles. The summed E-state index contributed by atoms with van der Waals surface area (Å²) in [6.45, 7) is 7.12. The third kappa shape index (κ3) is 14.9. The summed E-state index contributed by atoms with van der Waals surface area (Å²) >= 11 is 0. The quantitative estimate of drug-likeness (QED) is 0.0154. The van der Waals surface area contributed by atoms with Gasteiger partial charge in [-0.15, -0.1) is 0 Å². The van der Waals surface area contributed by atoms with Crippen LogP contribution in [0.2, 0.25) is 0 Å². The molecule has 2 fully saturated rings. The van der Waals surface area contributed by atoms with E-state index in [1.807, 2.05) is 0 Å². The third-order valence-corrected chi connectivity index (χ3v) is 11.9. The van der Waals surface area contributed by atoms with Crippen molar-refractivity contribution < 1.29 is 95.2 Å². The van der Waals surface area contributed by atoms with Gasteiger partial charge in [-0.3, -0.25) is 0 Å². The Morgan fingerprint density at radius 1 is 0.397 bits per heavy atom. The smallest absolute Gasteiger partial charge is 0.463 e. The highest BCUT2D eigenvalue weighted by Gasteiger charge is 2.51. The average Bonchev–Trinajstić information content (AvgIpc) is 4.07. The Hall–Kier alpha value is -9.40. The molecule has 6 aromatic carbocycles. The number of ether oxygens (including phenoxy) is 12. The topological polar surface area (TPSA) is 247 Å². The van der Waals surface area contributed by atoms with Crippen LogP contribution in [0.25, 0.3) is 21.5 Å². The lowest BCUT2D eigenvalue weighted by atomic mass is 10.1. The molecule has 20 heteroatoms. The normalized spacial score (nSPS) is 16.2. The Balaban J connectivity index is 0.743. The van der Waals surface area contributed by atoms with Gasteiger partial charge < -0.3 is 56.8 Å². The summed E-state index contributed by atoms with van der Waals surface area (Å²) in [6, 6.07) is 30.9. The first kappa shape index (κ1) is 54.8. The zero-order valence-corrected chi connectivity index (χ0v) is 41.7. The van der Waals surface area contributed by atoms with E-state index in [9.17, 15) is 38.4 Å². The van der Waals surface area contributed by atoms with Crippen molar-refractivity contribution in [3.63, 3.8) is 0 Å². The Morgan fingerprint density at radius 3 is 1.12 bits per heavy atom. The molecule has 0 spiro atoms. The Labute approximate surface area is 445 Å². The number of hydrogen-bond acceptors (Lipinski definition) is 20. The second kappa shape index (κ2) is 26.4. The van der Waals surface area contributed by atoms with E-state index < -0.39 is 72.5 Å². The molecule has 0 aromatic heterocycles. The number of fused-ring (bicyclic) bond motifs is 3. The molecule has 20 nitrogen and oxygen atoms in total. The van der Waals surface area contributed by atoms with Crippen LogP contribution in [0.3, 0.4) is 0 Å². The van der Waals surface area contributed by atoms with Crippen molar-refractivity contribution in [2.45, 2.75) is 50.1 Å². The first-order chi connectivity index (χ1) is 37.8. The molecule has 0 aliphatic carbocycles. The fourth-order valence-electron chi connectivity index (χ4n) is 7.95. The van der Waals surface area contributed by atoms with E-state index in [0.29, 0.717) is 47.2 Å². The van der Waals surface area contributed by atoms with E-state index in [-0.39, 0.29) is 84.9 Å². The molecule has 2 heterocycles. The van der Waals surface area contributed by atoms with Crippen molar-refractivity contribution in [3.8, 4) is 23.0 Å². The van der Waals surface area contributed by atoms with Crippen LogP contribution in [0, 0.1) is 0 Å². The minimum absolute atomic E-state index is 0.0128. The fraction of sp³-hybridized carbons (Fsp3) is 0.241. The van der Waals surface area contributed by atoms with Gasteiger partial charge in [0.25, 0.3) is 0 Å². The summed E-state index contributed by atoms with van der Waals surface area (Å²) in [5.41, 5.74) is 0.833. The van der Waals surface area contributed by atoms with Gasteiger partial charge in [0.15, 0.2) is 12.2 Å². The van der Waals surface area contributed by atoms with Gasteiger partial charge in [0.05, 0.1) is 61.9 Å². The molecule has 0 radical (unpaired) electrons. The van der Waals surface area contributed by atoms with Crippen molar-refractivity contribution in [1.29, 1.82) is 0 Å². The van der Waals surface area contributed by atoms with Crippen molar-refractivity contribution in [2.24, 2.45) is 0 Å². The molecule has 78 heavy (non-hydrogen) atoms. The molecule has 6 aromatic rings. The Morgan fingerprint density at radius 2 is 0.731 bits per heavy atom. The molecular weight excluding hydrogens is 1020 g/mol. The first-order valence-electron chi connectivity index (χ1n) is 24.5. The van der Waals surface area contributed by atoms with Gasteiger partial charge in [-0.2, -0.15) is 0 Å². The number of unbranched alkanes of at least 4 members (excludes halogenated alkanes) is 2. The van der Waals surface area contributed by atoms with Crippen LogP contribution >= 0.6 is 0 Å². The number of carbonyl (C=O) groups is 8. The fourth-order valence-corrected chi connectivity index (χ4v) is 7.95. The molecule has 4 atom stereocenters. The van der Waals surface area contributed by atoms with E-state index in [0.717, 1.165) is 12.2 Å². The minimum atomic E-state index is -0.893. The highest BCUT2D eigenvalue weighted by Crippen LogP contribution is 2.32. The van der Waals surface area contributed by atoms with Crippen molar-refractivity contribution in [2.75, 3.05) is 39.6 Å². The number of hydrogen-bond donors (Lipinski definition) is 0. The van der Waals surface area contributed by atoms with E-state index in [2.05, 4.69) is 13.2 Å². The van der Waals surface area contributed by atoms with E-state index in [1.54, 1.807) is 72.8 Å². The highest BCUT2D eigenvalue weighted by molar-refractivity contribution is 5.98. The van der Waals surface area contributed by atoms with Gasteiger partial charge in [0.2, 0.25) is 0 Å². The monoisotopic (exact) mass is 1070 g/mol. The molecule has 0 saturated carbocycles. The maximum Gasteiger partial charge on any atom is 0.513 e. The van der Waals surface area contributed by atoms with Crippen molar-refractivity contribution >= 4 is 69.7 Å². The predicted molar refractivity (Wildman–Crippen MR) is 273 cm³/mol. The van der Waals surface area contributed by atoms with Gasteiger partial charge in [-0.05, 0) is 144 Å². The molecular formula is C58H50O20. The Kier molecular flexibility index (Phi) is 18.6. The maximum atomic E-state index is 13.2. The zero-order valence-electron chi connectivity index (χ0n) is 41.7. The van der Waals surface area contributed by atoms with Gasteiger partial charge in [0.1, 0.15) is 35.2 Å². The number of carbonyl (C=O) groups excluding carboxylic acids is 8. The molecule has 2 unspecified atom stereocenters. The van der Waals surface area contributed by atoms with Gasteiger partial charge in [-0.1, -0.05) is 37.4 Å².